The molecule has 0 radical (unpaired) electrons. The van der Waals surface area contributed by atoms with Crippen molar-refractivity contribution in [3.63, 3.8) is 0 Å². The van der Waals surface area contributed by atoms with E-state index in [4.69, 9.17) is 33.5 Å². The van der Waals surface area contributed by atoms with Crippen LogP contribution in [0.25, 0.3) is 17.0 Å². The van der Waals surface area contributed by atoms with Crippen molar-refractivity contribution >= 4 is 69.5 Å². The molecule has 0 aliphatic carbocycles. The minimum atomic E-state index is -0.437. The fourth-order valence-corrected chi connectivity index (χ4v) is 4.42. The zero-order valence-corrected chi connectivity index (χ0v) is 18.9. The molecule has 0 atom stereocenters. The van der Waals surface area contributed by atoms with E-state index in [2.05, 4.69) is 5.32 Å². The molecule has 3 aromatic rings. The SMILES string of the molecule is COc1ccc2nc(Sc3ccc(Cl)cc3)c(/C=C3\C(=O)NC(=S)N3C(C)=O)cc2c1. The van der Waals surface area contributed by atoms with E-state index in [1.54, 1.807) is 25.3 Å². The van der Waals surface area contributed by atoms with Gasteiger partial charge in [0.1, 0.15) is 16.5 Å². The molecule has 1 aliphatic rings. The third-order valence-corrected chi connectivity index (χ3v) is 6.11. The minimum absolute atomic E-state index is 0.0612. The molecule has 2 heterocycles. The first-order valence-electron chi connectivity index (χ1n) is 9.15. The van der Waals surface area contributed by atoms with Crippen molar-refractivity contribution in [3.05, 3.63) is 64.8 Å². The van der Waals surface area contributed by atoms with Gasteiger partial charge in [0.2, 0.25) is 5.91 Å². The summed E-state index contributed by atoms with van der Waals surface area (Å²) in [4.78, 5) is 31.4. The largest absolute Gasteiger partial charge is 0.497 e. The topological polar surface area (TPSA) is 71.5 Å². The fraction of sp³-hybridized carbons (Fsp3) is 0.0909. The second-order valence-corrected chi connectivity index (χ2v) is 8.53. The minimum Gasteiger partial charge on any atom is -0.497 e. The van der Waals surface area contributed by atoms with Crippen LogP contribution in [0.4, 0.5) is 0 Å². The number of pyridine rings is 1. The van der Waals surface area contributed by atoms with Gasteiger partial charge in [0.05, 0.1) is 12.6 Å². The molecular formula is C22H16ClN3O3S2. The van der Waals surface area contributed by atoms with E-state index in [1.165, 1.54) is 23.6 Å². The van der Waals surface area contributed by atoms with Gasteiger partial charge in [-0.2, -0.15) is 0 Å². The summed E-state index contributed by atoms with van der Waals surface area (Å²) >= 11 is 12.6. The molecule has 0 saturated carbocycles. The Kier molecular flexibility index (Phi) is 5.95. The van der Waals surface area contributed by atoms with Gasteiger partial charge in [-0.05, 0) is 66.8 Å². The van der Waals surface area contributed by atoms with E-state index in [0.29, 0.717) is 21.4 Å². The van der Waals surface area contributed by atoms with Crippen LogP contribution in [0.2, 0.25) is 5.02 Å². The smallest absolute Gasteiger partial charge is 0.274 e. The van der Waals surface area contributed by atoms with Crippen molar-refractivity contribution in [2.45, 2.75) is 16.8 Å². The maximum atomic E-state index is 12.5. The quantitative estimate of drug-likeness (QED) is 0.443. The van der Waals surface area contributed by atoms with Gasteiger partial charge >= 0.3 is 0 Å². The van der Waals surface area contributed by atoms with Crippen LogP contribution < -0.4 is 10.1 Å². The maximum absolute atomic E-state index is 12.5. The van der Waals surface area contributed by atoms with Gasteiger partial charge < -0.3 is 4.74 Å². The molecule has 1 saturated heterocycles. The van der Waals surface area contributed by atoms with Crippen molar-refractivity contribution in [3.8, 4) is 5.75 Å². The first kappa shape index (κ1) is 21.3. The van der Waals surface area contributed by atoms with Crippen LogP contribution in [0.3, 0.4) is 0 Å². The van der Waals surface area contributed by atoms with E-state index in [9.17, 15) is 9.59 Å². The molecule has 9 heteroatoms. The van der Waals surface area contributed by atoms with Crippen molar-refractivity contribution < 1.29 is 14.3 Å². The Balaban J connectivity index is 1.87. The molecule has 156 valence electrons. The molecule has 31 heavy (non-hydrogen) atoms. The summed E-state index contributed by atoms with van der Waals surface area (Å²) in [5.41, 5.74) is 1.59. The average molecular weight is 470 g/mol. The van der Waals surface area contributed by atoms with Crippen molar-refractivity contribution in [2.75, 3.05) is 7.11 Å². The number of carbonyl (C=O) groups excluding carboxylic acids is 2. The Morgan fingerprint density at radius 3 is 2.65 bits per heavy atom. The number of thiocarbonyl (C=S) groups is 1. The molecule has 0 bridgehead atoms. The van der Waals surface area contributed by atoms with E-state index in [0.717, 1.165) is 15.8 Å². The summed E-state index contributed by atoms with van der Waals surface area (Å²) in [5.74, 6) is -0.0959. The van der Waals surface area contributed by atoms with Gasteiger partial charge in [0, 0.05) is 27.8 Å². The van der Waals surface area contributed by atoms with Crippen LogP contribution >= 0.6 is 35.6 Å². The Morgan fingerprint density at radius 2 is 1.97 bits per heavy atom. The zero-order valence-electron chi connectivity index (χ0n) is 16.5. The monoisotopic (exact) mass is 469 g/mol. The van der Waals surface area contributed by atoms with E-state index in [-0.39, 0.29) is 16.7 Å². The first-order chi connectivity index (χ1) is 14.9. The number of nitrogens with one attached hydrogen (secondary N) is 1. The maximum Gasteiger partial charge on any atom is 0.274 e. The molecule has 1 aromatic heterocycles. The number of ether oxygens (including phenoxy) is 1. The third-order valence-electron chi connectivity index (χ3n) is 4.55. The summed E-state index contributed by atoms with van der Waals surface area (Å²) in [7, 11) is 1.59. The standard InChI is InChI=1S/C22H16ClN3O3S2/c1-12(27)26-19(20(28)25-22(26)30)11-14-9-13-10-16(29-2)5-8-18(13)24-21(14)31-17-6-3-15(23)4-7-17/h3-11H,1-2H3,(H,25,28,30)/b19-11+. The van der Waals surface area contributed by atoms with Gasteiger partial charge in [-0.3, -0.25) is 19.8 Å². The van der Waals surface area contributed by atoms with Crippen LogP contribution in [-0.4, -0.2) is 33.9 Å². The molecule has 2 amide bonds. The highest BCUT2D eigenvalue weighted by molar-refractivity contribution is 7.99. The lowest BCUT2D eigenvalue weighted by molar-refractivity contribution is -0.125. The van der Waals surface area contributed by atoms with Crippen LogP contribution in [0.5, 0.6) is 5.75 Å². The number of aromatic nitrogens is 1. The number of hydrogen-bond acceptors (Lipinski definition) is 6. The molecule has 0 spiro atoms. The summed E-state index contributed by atoms with van der Waals surface area (Å²) in [6, 6.07) is 14.9. The Labute approximate surface area is 193 Å². The molecule has 0 unspecified atom stereocenters. The third kappa shape index (κ3) is 4.41. The Morgan fingerprint density at radius 1 is 1.23 bits per heavy atom. The lowest BCUT2D eigenvalue weighted by atomic mass is 10.1. The normalized spacial score (nSPS) is 14.9. The fourth-order valence-electron chi connectivity index (χ4n) is 3.10. The number of rotatable bonds is 4. The zero-order chi connectivity index (χ0) is 22.1. The summed E-state index contributed by atoms with van der Waals surface area (Å²) in [6.45, 7) is 1.35. The number of amides is 2. The number of carbonyl (C=O) groups is 2. The molecule has 2 aromatic carbocycles. The summed E-state index contributed by atoms with van der Waals surface area (Å²) < 4.78 is 5.32. The van der Waals surface area contributed by atoms with Crippen LogP contribution in [0, 0.1) is 0 Å². The number of hydrogen-bond donors (Lipinski definition) is 1. The highest BCUT2D eigenvalue weighted by atomic mass is 35.5. The Hall–Kier alpha value is -2.94. The summed E-state index contributed by atoms with van der Waals surface area (Å²) in [5, 5.41) is 4.72. The number of fused-ring (bicyclic) bond motifs is 1. The van der Waals surface area contributed by atoms with Crippen LogP contribution in [0.15, 0.2) is 64.1 Å². The van der Waals surface area contributed by atoms with Gasteiger partial charge in [-0.15, -0.1) is 0 Å². The van der Waals surface area contributed by atoms with Gasteiger partial charge in [-0.25, -0.2) is 4.98 Å². The lowest BCUT2D eigenvalue weighted by Crippen LogP contribution is -2.31. The number of benzene rings is 2. The second kappa shape index (κ2) is 8.66. The van der Waals surface area contributed by atoms with Gasteiger partial charge in [0.15, 0.2) is 5.11 Å². The lowest BCUT2D eigenvalue weighted by Gasteiger charge is -2.14. The number of halogens is 1. The summed E-state index contributed by atoms with van der Waals surface area (Å²) in [6.07, 6.45) is 1.63. The van der Waals surface area contributed by atoms with Gasteiger partial charge in [-0.1, -0.05) is 23.4 Å². The predicted octanol–water partition coefficient (Wildman–Crippen LogP) is 4.65. The molecule has 1 fully saturated rings. The molecular weight excluding hydrogens is 454 g/mol. The molecule has 4 rings (SSSR count). The predicted molar refractivity (Wildman–Crippen MR) is 125 cm³/mol. The highest BCUT2D eigenvalue weighted by Gasteiger charge is 2.33. The molecule has 1 N–H and O–H groups in total. The van der Waals surface area contributed by atoms with Crippen LogP contribution in [-0.2, 0) is 9.59 Å². The van der Waals surface area contributed by atoms with Crippen molar-refractivity contribution in [1.82, 2.24) is 15.2 Å². The molecule has 6 nitrogen and oxygen atoms in total. The van der Waals surface area contributed by atoms with Crippen LogP contribution in [0.1, 0.15) is 12.5 Å². The van der Waals surface area contributed by atoms with Crippen molar-refractivity contribution in [1.29, 1.82) is 0 Å². The first-order valence-corrected chi connectivity index (χ1v) is 10.8. The number of methoxy groups -OCH3 is 1. The Bertz CT molecular complexity index is 1260. The van der Waals surface area contributed by atoms with E-state index >= 15 is 0 Å². The van der Waals surface area contributed by atoms with E-state index in [1.807, 2.05) is 36.4 Å². The second-order valence-electron chi connectivity index (χ2n) is 6.64. The van der Waals surface area contributed by atoms with E-state index < -0.39 is 5.91 Å². The average Bonchev–Trinajstić information content (AvgIpc) is 3.02. The van der Waals surface area contributed by atoms with Gasteiger partial charge in [0.25, 0.3) is 5.91 Å². The highest BCUT2D eigenvalue weighted by Crippen LogP contribution is 2.34. The molecule has 1 aliphatic heterocycles. The van der Waals surface area contributed by atoms with Crippen molar-refractivity contribution in [2.24, 2.45) is 0 Å². The number of nitrogens with zero attached hydrogens (tertiary/aromatic N) is 2.